The van der Waals surface area contributed by atoms with Gasteiger partial charge in [0.25, 0.3) is 0 Å². The van der Waals surface area contributed by atoms with Crippen LogP contribution < -0.4 is 16.0 Å². The minimum atomic E-state index is -0.286. The minimum absolute atomic E-state index is 0.0489. The molecule has 0 spiro atoms. The summed E-state index contributed by atoms with van der Waals surface area (Å²) in [4.78, 5) is 8.78. The Hall–Kier alpha value is -3.06. The number of aromatic nitrogens is 2. The summed E-state index contributed by atoms with van der Waals surface area (Å²) in [5.74, 6) is 0.693. The van der Waals surface area contributed by atoms with E-state index in [9.17, 15) is 4.39 Å². The highest BCUT2D eigenvalue weighted by atomic mass is 32.1. The third-order valence-corrected chi connectivity index (χ3v) is 4.06. The number of thiocarbonyl (C=S) groups is 1. The molecular formula is C20H20FN5S. The van der Waals surface area contributed by atoms with E-state index in [0.29, 0.717) is 16.9 Å². The van der Waals surface area contributed by atoms with Gasteiger partial charge in [0.1, 0.15) is 11.6 Å². The van der Waals surface area contributed by atoms with E-state index in [1.54, 1.807) is 18.2 Å². The van der Waals surface area contributed by atoms with Crippen LogP contribution >= 0.6 is 12.2 Å². The minimum Gasteiger partial charge on any atom is -0.356 e. The first-order chi connectivity index (χ1) is 13.0. The Kier molecular flexibility index (Phi) is 5.93. The van der Waals surface area contributed by atoms with Crippen molar-refractivity contribution in [3.8, 4) is 0 Å². The van der Waals surface area contributed by atoms with Crippen LogP contribution in [0, 0.1) is 12.7 Å². The number of anilines is 3. The first-order valence-electron chi connectivity index (χ1n) is 8.50. The Balaban J connectivity index is 1.66. The van der Waals surface area contributed by atoms with Gasteiger partial charge < -0.3 is 16.0 Å². The fourth-order valence-corrected chi connectivity index (χ4v) is 2.80. The van der Waals surface area contributed by atoms with Crippen molar-refractivity contribution in [2.24, 2.45) is 0 Å². The largest absolute Gasteiger partial charge is 0.356 e. The second kappa shape index (κ2) is 8.55. The first kappa shape index (κ1) is 18.7. The van der Waals surface area contributed by atoms with E-state index < -0.39 is 0 Å². The maximum atomic E-state index is 13.0. The van der Waals surface area contributed by atoms with Crippen LogP contribution in [0.5, 0.6) is 0 Å². The lowest BCUT2D eigenvalue weighted by Gasteiger charge is -2.17. The summed E-state index contributed by atoms with van der Waals surface area (Å²) < 4.78 is 13.0. The summed E-state index contributed by atoms with van der Waals surface area (Å²) in [7, 11) is 0. The third kappa shape index (κ3) is 5.46. The normalized spacial score (nSPS) is 11.5. The fraction of sp³-hybridized carbons (Fsp3) is 0.150. The van der Waals surface area contributed by atoms with Crippen LogP contribution in [0.15, 0.2) is 60.7 Å². The Labute approximate surface area is 163 Å². The van der Waals surface area contributed by atoms with Crippen LogP contribution in [-0.2, 0) is 0 Å². The molecule has 1 unspecified atom stereocenters. The molecule has 1 aromatic heterocycles. The summed E-state index contributed by atoms with van der Waals surface area (Å²) in [6.07, 6.45) is 0. The number of nitrogens with one attached hydrogen (secondary N) is 3. The number of hydrogen-bond acceptors (Lipinski definition) is 4. The zero-order valence-corrected chi connectivity index (χ0v) is 15.8. The number of benzene rings is 2. The van der Waals surface area contributed by atoms with Crippen molar-refractivity contribution in [1.82, 2.24) is 15.3 Å². The van der Waals surface area contributed by atoms with Crippen LogP contribution in [0.1, 0.15) is 24.2 Å². The highest BCUT2D eigenvalue weighted by molar-refractivity contribution is 7.80. The molecule has 138 valence electrons. The quantitative estimate of drug-likeness (QED) is 0.556. The van der Waals surface area contributed by atoms with Crippen LogP contribution in [0.3, 0.4) is 0 Å². The maximum Gasteiger partial charge on any atom is 0.231 e. The summed E-state index contributed by atoms with van der Waals surface area (Å²) in [5, 5.41) is 9.80. The Bertz CT molecular complexity index is 915. The SMILES string of the molecule is Cc1cc(Nc2ccc(F)cc2)nc(NC(=S)NC(C)c2ccccc2)n1. The van der Waals surface area contributed by atoms with Gasteiger partial charge in [-0.05, 0) is 55.9 Å². The zero-order chi connectivity index (χ0) is 19.2. The van der Waals surface area contributed by atoms with E-state index in [2.05, 4.69) is 25.9 Å². The number of halogens is 1. The van der Waals surface area contributed by atoms with E-state index in [1.165, 1.54) is 12.1 Å². The molecule has 7 heteroatoms. The van der Waals surface area contributed by atoms with Crippen molar-refractivity contribution in [3.63, 3.8) is 0 Å². The van der Waals surface area contributed by atoms with Crippen LogP contribution in [0.2, 0.25) is 0 Å². The summed E-state index contributed by atoms with van der Waals surface area (Å²) in [5.41, 5.74) is 2.64. The molecule has 0 saturated heterocycles. The molecule has 1 atom stereocenters. The Morgan fingerprint density at radius 3 is 2.44 bits per heavy atom. The van der Waals surface area contributed by atoms with Crippen LogP contribution in [0.25, 0.3) is 0 Å². The van der Waals surface area contributed by atoms with E-state index in [0.717, 1.165) is 16.9 Å². The van der Waals surface area contributed by atoms with Gasteiger partial charge in [0.2, 0.25) is 5.95 Å². The van der Waals surface area contributed by atoms with Crippen molar-refractivity contribution < 1.29 is 4.39 Å². The van der Waals surface area contributed by atoms with E-state index in [-0.39, 0.29) is 11.9 Å². The smallest absolute Gasteiger partial charge is 0.231 e. The second-order valence-electron chi connectivity index (χ2n) is 6.08. The standard InChI is InChI=1S/C20H20FN5S/c1-13-12-18(24-17-10-8-16(21)9-11-17)25-19(22-13)26-20(27)23-14(2)15-6-4-3-5-7-15/h3-12,14H,1-2H3,(H3,22,23,24,25,26,27). The molecule has 0 aliphatic rings. The molecule has 0 bridgehead atoms. The molecule has 0 amide bonds. The predicted octanol–water partition coefficient (Wildman–Crippen LogP) is 4.72. The molecule has 0 radical (unpaired) electrons. The third-order valence-electron chi connectivity index (χ3n) is 3.84. The van der Waals surface area contributed by atoms with E-state index in [4.69, 9.17) is 12.2 Å². The molecular weight excluding hydrogens is 361 g/mol. The van der Waals surface area contributed by atoms with Crippen molar-refractivity contribution >= 4 is 34.8 Å². The molecule has 0 saturated carbocycles. The molecule has 3 rings (SSSR count). The number of hydrogen-bond donors (Lipinski definition) is 3. The maximum absolute atomic E-state index is 13.0. The lowest BCUT2D eigenvalue weighted by atomic mass is 10.1. The van der Waals surface area contributed by atoms with Gasteiger partial charge in [0.15, 0.2) is 5.11 Å². The summed E-state index contributed by atoms with van der Waals surface area (Å²) in [6, 6.07) is 17.9. The number of nitrogens with zero attached hydrogens (tertiary/aromatic N) is 2. The molecule has 0 aliphatic carbocycles. The summed E-state index contributed by atoms with van der Waals surface area (Å²) in [6.45, 7) is 3.90. The van der Waals surface area contributed by atoms with Gasteiger partial charge in [0.05, 0.1) is 6.04 Å². The van der Waals surface area contributed by atoms with Gasteiger partial charge in [-0.3, -0.25) is 0 Å². The van der Waals surface area contributed by atoms with Crippen molar-refractivity contribution in [1.29, 1.82) is 0 Å². The molecule has 5 nitrogen and oxygen atoms in total. The molecule has 1 heterocycles. The Morgan fingerprint density at radius 2 is 1.74 bits per heavy atom. The van der Waals surface area contributed by atoms with Gasteiger partial charge in [-0.1, -0.05) is 30.3 Å². The van der Waals surface area contributed by atoms with Crippen LogP contribution in [-0.4, -0.2) is 15.1 Å². The molecule has 3 N–H and O–H groups in total. The second-order valence-corrected chi connectivity index (χ2v) is 6.49. The van der Waals surface area contributed by atoms with Gasteiger partial charge in [-0.2, -0.15) is 4.98 Å². The van der Waals surface area contributed by atoms with Crippen molar-refractivity contribution in [2.75, 3.05) is 10.6 Å². The topological polar surface area (TPSA) is 61.9 Å². The molecule has 3 aromatic rings. The lowest BCUT2D eigenvalue weighted by molar-refractivity contribution is 0.628. The van der Waals surface area contributed by atoms with Gasteiger partial charge in [0, 0.05) is 17.4 Å². The van der Waals surface area contributed by atoms with E-state index >= 15 is 0 Å². The average molecular weight is 381 g/mol. The fourth-order valence-electron chi connectivity index (χ4n) is 2.53. The molecule has 27 heavy (non-hydrogen) atoms. The molecule has 0 fully saturated rings. The number of rotatable bonds is 5. The average Bonchev–Trinajstić information content (AvgIpc) is 2.63. The Morgan fingerprint density at radius 1 is 1.04 bits per heavy atom. The van der Waals surface area contributed by atoms with Gasteiger partial charge in [-0.25, -0.2) is 9.37 Å². The first-order valence-corrected chi connectivity index (χ1v) is 8.91. The number of aryl methyl sites for hydroxylation is 1. The highest BCUT2D eigenvalue weighted by Crippen LogP contribution is 2.17. The predicted molar refractivity (Wildman–Crippen MR) is 111 cm³/mol. The van der Waals surface area contributed by atoms with Crippen molar-refractivity contribution in [3.05, 3.63) is 77.7 Å². The van der Waals surface area contributed by atoms with Gasteiger partial charge in [-0.15, -0.1) is 0 Å². The lowest BCUT2D eigenvalue weighted by Crippen LogP contribution is -2.31. The monoisotopic (exact) mass is 381 g/mol. The van der Waals surface area contributed by atoms with Gasteiger partial charge >= 0.3 is 0 Å². The zero-order valence-electron chi connectivity index (χ0n) is 15.0. The van der Waals surface area contributed by atoms with E-state index in [1.807, 2.05) is 44.2 Å². The molecule has 0 aliphatic heterocycles. The van der Waals surface area contributed by atoms with Crippen molar-refractivity contribution in [2.45, 2.75) is 19.9 Å². The molecule has 2 aromatic carbocycles. The highest BCUT2D eigenvalue weighted by Gasteiger charge is 2.09. The van der Waals surface area contributed by atoms with Crippen LogP contribution in [0.4, 0.5) is 21.8 Å². The summed E-state index contributed by atoms with van der Waals surface area (Å²) >= 11 is 5.38.